The van der Waals surface area contributed by atoms with E-state index < -0.39 is 0 Å². The van der Waals surface area contributed by atoms with Crippen LogP contribution in [0.3, 0.4) is 0 Å². The number of hydrogen-bond acceptors (Lipinski definition) is 3. The van der Waals surface area contributed by atoms with E-state index in [0.29, 0.717) is 16.7 Å². The van der Waals surface area contributed by atoms with Gasteiger partial charge < -0.3 is 10.1 Å². The first kappa shape index (κ1) is 31.7. The summed E-state index contributed by atoms with van der Waals surface area (Å²) in [5.41, 5.74) is 6.80. The van der Waals surface area contributed by atoms with Crippen LogP contribution in [0.1, 0.15) is 83.4 Å². The van der Waals surface area contributed by atoms with Crippen molar-refractivity contribution in [3.8, 4) is 11.3 Å². The number of aryl methyl sites for hydroxylation is 2. The molecule has 40 heavy (non-hydrogen) atoms. The van der Waals surface area contributed by atoms with Crippen LogP contribution in [0.5, 0.6) is 0 Å². The molecule has 5 rings (SSSR count). The van der Waals surface area contributed by atoms with Crippen molar-refractivity contribution in [3.05, 3.63) is 89.3 Å². The number of benzene rings is 3. The zero-order valence-corrected chi connectivity index (χ0v) is 27.5. The average Bonchev–Trinajstić information content (AvgIpc) is 2.80. The molecule has 4 heteroatoms. The van der Waals surface area contributed by atoms with E-state index in [2.05, 4.69) is 96.1 Å². The summed E-state index contributed by atoms with van der Waals surface area (Å²) in [7, 11) is 0. The van der Waals surface area contributed by atoms with Crippen molar-refractivity contribution in [2.24, 2.45) is 10.8 Å². The summed E-state index contributed by atoms with van der Waals surface area (Å²) >= 11 is 0. The van der Waals surface area contributed by atoms with Gasteiger partial charge in [-0.2, -0.15) is 0 Å². The number of aliphatic hydroxyl groups is 1. The maximum atomic E-state index is 10.0. The Morgan fingerprint density at radius 3 is 2.15 bits per heavy atom. The number of pyridine rings is 1. The molecule has 1 aliphatic carbocycles. The van der Waals surface area contributed by atoms with Crippen molar-refractivity contribution < 1.29 is 30.0 Å². The number of ketones is 1. The fourth-order valence-corrected chi connectivity index (χ4v) is 6.88. The maximum Gasteiger partial charge on any atom is 0.155 e. The number of fused-ring (bicyclic) bond motifs is 3. The van der Waals surface area contributed by atoms with Gasteiger partial charge in [-0.15, -0.1) is 34.9 Å². The second-order valence-corrected chi connectivity index (χ2v) is 13.1. The third kappa shape index (κ3) is 7.68. The van der Waals surface area contributed by atoms with Gasteiger partial charge in [0.15, 0.2) is 5.78 Å². The molecule has 0 unspecified atom stereocenters. The Bertz CT molecular complexity index is 1520. The van der Waals surface area contributed by atoms with E-state index in [1.807, 2.05) is 6.20 Å². The SMILES string of the molecule is CC(=O)/C=C(/C)O.Cc1[c-]c(-c2nccc3c2ccc2cc(C4CC(C)(C)CC(C)(C)C4)ccc23)cc(C)c1.[Ir]. The third-order valence-corrected chi connectivity index (χ3v) is 7.63. The van der Waals surface area contributed by atoms with E-state index in [9.17, 15) is 4.79 Å². The van der Waals surface area contributed by atoms with Crippen LogP contribution in [0.15, 0.2) is 66.6 Å². The van der Waals surface area contributed by atoms with Crippen molar-refractivity contribution in [1.82, 2.24) is 4.98 Å². The minimum absolute atomic E-state index is 0. The first-order valence-corrected chi connectivity index (χ1v) is 13.9. The van der Waals surface area contributed by atoms with Crippen LogP contribution in [-0.2, 0) is 24.9 Å². The van der Waals surface area contributed by atoms with Crippen LogP contribution < -0.4 is 0 Å². The number of nitrogens with zero attached hydrogens (tertiary/aromatic N) is 1. The predicted octanol–water partition coefficient (Wildman–Crippen LogP) is 9.83. The quantitative estimate of drug-likeness (QED) is 0.0996. The Morgan fingerprint density at radius 1 is 0.925 bits per heavy atom. The normalized spacial score (nSPS) is 16.6. The van der Waals surface area contributed by atoms with Gasteiger partial charge in [-0.05, 0) is 88.7 Å². The van der Waals surface area contributed by atoms with Gasteiger partial charge in [-0.3, -0.25) is 4.79 Å². The summed E-state index contributed by atoms with van der Waals surface area (Å²) in [6.07, 6.45) is 6.96. The molecular weight excluding hydrogens is 671 g/mol. The molecule has 4 aromatic rings. The summed E-state index contributed by atoms with van der Waals surface area (Å²) in [6, 6.07) is 21.7. The first-order chi connectivity index (χ1) is 18.2. The molecule has 0 atom stereocenters. The fourth-order valence-electron chi connectivity index (χ4n) is 6.88. The average molecular weight is 713 g/mol. The summed E-state index contributed by atoms with van der Waals surface area (Å²) < 4.78 is 0. The topological polar surface area (TPSA) is 50.2 Å². The van der Waals surface area contributed by atoms with E-state index in [0.717, 1.165) is 16.8 Å². The Hall–Kier alpha value is -2.81. The van der Waals surface area contributed by atoms with Gasteiger partial charge in [0.05, 0.1) is 5.76 Å². The molecule has 0 amide bonds. The molecule has 0 spiro atoms. The molecule has 213 valence electrons. The number of carbonyl (C=O) groups is 1. The molecule has 1 radical (unpaired) electrons. The Labute approximate surface area is 253 Å². The summed E-state index contributed by atoms with van der Waals surface area (Å²) in [6.45, 7) is 16.8. The maximum absolute atomic E-state index is 10.0. The molecule has 1 N–H and O–H groups in total. The van der Waals surface area contributed by atoms with E-state index in [1.165, 1.54) is 71.9 Å². The number of allylic oxidation sites excluding steroid dienone is 2. The number of carbonyl (C=O) groups excluding carboxylic acids is 1. The van der Waals surface area contributed by atoms with Crippen molar-refractivity contribution in [2.75, 3.05) is 0 Å². The molecule has 0 bridgehead atoms. The second-order valence-electron chi connectivity index (χ2n) is 13.1. The molecule has 1 heterocycles. The van der Waals surface area contributed by atoms with Crippen LogP contribution in [0.4, 0.5) is 0 Å². The second kappa shape index (κ2) is 12.4. The summed E-state index contributed by atoms with van der Waals surface area (Å²) in [5, 5.41) is 13.5. The number of rotatable bonds is 3. The van der Waals surface area contributed by atoms with Crippen molar-refractivity contribution in [1.29, 1.82) is 0 Å². The number of aliphatic hydroxyl groups excluding tert-OH is 1. The van der Waals surface area contributed by atoms with Gasteiger partial charge >= 0.3 is 0 Å². The van der Waals surface area contributed by atoms with Crippen LogP contribution in [0, 0.1) is 30.7 Å². The molecular formula is C36H42IrNO2-. The Kier molecular flexibility index (Phi) is 9.81. The fraction of sp³-hybridized carbons (Fsp3) is 0.389. The smallest absolute Gasteiger partial charge is 0.155 e. The molecule has 0 aliphatic heterocycles. The van der Waals surface area contributed by atoms with Gasteiger partial charge in [0, 0.05) is 32.4 Å². The molecule has 3 nitrogen and oxygen atoms in total. The van der Waals surface area contributed by atoms with Crippen molar-refractivity contribution in [3.63, 3.8) is 0 Å². The van der Waals surface area contributed by atoms with Crippen LogP contribution in [0.25, 0.3) is 32.8 Å². The minimum Gasteiger partial charge on any atom is -0.512 e. The molecule has 1 fully saturated rings. The van der Waals surface area contributed by atoms with E-state index in [4.69, 9.17) is 10.1 Å². The molecule has 1 aliphatic rings. The summed E-state index contributed by atoms with van der Waals surface area (Å²) in [5.74, 6) is 0.569. The van der Waals surface area contributed by atoms with Crippen LogP contribution in [-0.4, -0.2) is 15.9 Å². The molecule has 1 aromatic heterocycles. The van der Waals surface area contributed by atoms with Gasteiger partial charge in [0.1, 0.15) is 0 Å². The van der Waals surface area contributed by atoms with E-state index in [1.54, 1.807) is 0 Å². The van der Waals surface area contributed by atoms with E-state index in [-0.39, 0.29) is 31.6 Å². The molecule has 1 saturated carbocycles. The van der Waals surface area contributed by atoms with Crippen LogP contribution in [0.2, 0.25) is 0 Å². The molecule has 3 aromatic carbocycles. The monoisotopic (exact) mass is 713 g/mol. The van der Waals surface area contributed by atoms with Gasteiger partial charge in [-0.1, -0.05) is 71.9 Å². The van der Waals surface area contributed by atoms with Gasteiger partial charge in [-0.25, -0.2) is 0 Å². The Balaban J connectivity index is 0.000000492. The van der Waals surface area contributed by atoms with Crippen molar-refractivity contribution in [2.45, 2.75) is 80.6 Å². The Morgan fingerprint density at radius 2 is 1.57 bits per heavy atom. The third-order valence-electron chi connectivity index (χ3n) is 7.63. The number of aromatic nitrogens is 1. The standard InChI is InChI=1S/C31H34N.C5H8O2.Ir/c1-20-13-21(2)15-24(14-20)29-28-10-8-23-16-22(7-9-26(23)27(28)11-12-32-29)25-17-30(3,4)19-31(5,6)18-25;1-4(6)3-5(2)7;/h7-14,16,25H,17-19H2,1-6H3;3,6H,1-2H3;/q-1;;/b;4-3-;. The summed E-state index contributed by atoms with van der Waals surface area (Å²) in [4.78, 5) is 14.8. The first-order valence-electron chi connectivity index (χ1n) is 13.9. The largest absolute Gasteiger partial charge is 0.512 e. The van der Waals surface area contributed by atoms with Gasteiger partial charge in [0.2, 0.25) is 0 Å². The van der Waals surface area contributed by atoms with Crippen LogP contribution >= 0.6 is 0 Å². The predicted molar refractivity (Wildman–Crippen MR) is 164 cm³/mol. The zero-order chi connectivity index (χ0) is 28.5. The zero-order valence-electron chi connectivity index (χ0n) is 25.1. The van der Waals surface area contributed by atoms with E-state index >= 15 is 0 Å². The van der Waals surface area contributed by atoms with Gasteiger partial charge in [0.25, 0.3) is 0 Å². The molecule has 0 saturated heterocycles. The van der Waals surface area contributed by atoms with Crippen molar-refractivity contribution >= 4 is 27.3 Å². The minimum atomic E-state index is -0.125. The number of hydrogen-bond donors (Lipinski definition) is 1.